The summed E-state index contributed by atoms with van der Waals surface area (Å²) >= 11 is 0. The number of ether oxygens (including phenoxy) is 1. The summed E-state index contributed by atoms with van der Waals surface area (Å²) in [6.07, 6.45) is 1.74. The van der Waals surface area contributed by atoms with Crippen molar-refractivity contribution >= 4 is 16.7 Å². The summed E-state index contributed by atoms with van der Waals surface area (Å²) in [7, 11) is 0. The molecule has 4 nitrogen and oxygen atoms in total. The highest BCUT2D eigenvalue weighted by molar-refractivity contribution is 5.90. The molecule has 0 aromatic heterocycles. The Labute approximate surface area is 212 Å². The van der Waals surface area contributed by atoms with E-state index in [9.17, 15) is 9.90 Å². The standard InChI is InChI=1S/C32H33NO3/c1-20-17-24(18-29(21(20)2)32(34)35)30-19-25(36-31-14-7-6-12-28(30)31)15-16-33-22(3)26-13-8-10-23-9-4-5-11-27(23)26/h4-14,17-18,22,25,30,33H,15-16,19H2,1-3H3,(H,34,35)/t22-,25+,30+/m1/s1. The number of benzene rings is 4. The van der Waals surface area contributed by atoms with Gasteiger partial charge in [0.05, 0.1) is 5.56 Å². The van der Waals surface area contributed by atoms with Crippen LogP contribution in [-0.4, -0.2) is 23.7 Å². The number of aryl methyl sites for hydroxylation is 1. The molecule has 4 heteroatoms. The van der Waals surface area contributed by atoms with Crippen molar-refractivity contribution in [2.75, 3.05) is 6.54 Å². The Morgan fingerprint density at radius 1 is 1.03 bits per heavy atom. The lowest BCUT2D eigenvalue weighted by Crippen LogP contribution is -2.31. The molecule has 0 unspecified atom stereocenters. The average Bonchev–Trinajstić information content (AvgIpc) is 2.89. The molecule has 3 atom stereocenters. The number of nitrogens with one attached hydrogen (secondary N) is 1. The van der Waals surface area contributed by atoms with Crippen molar-refractivity contribution in [1.82, 2.24) is 5.32 Å². The van der Waals surface area contributed by atoms with Crippen LogP contribution in [-0.2, 0) is 0 Å². The van der Waals surface area contributed by atoms with E-state index in [4.69, 9.17) is 4.74 Å². The van der Waals surface area contributed by atoms with Gasteiger partial charge in [0.25, 0.3) is 0 Å². The van der Waals surface area contributed by atoms with Crippen molar-refractivity contribution in [2.24, 2.45) is 0 Å². The topological polar surface area (TPSA) is 58.6 Å². The average molecular weight is 480 g/mol. The van der Waals surface area contributed by atoms with E-state index in [1.165, 1.54) is 16.3 Å². The van der Waals surface area contributed by atoms with E-state index in [1.54, 1.807) is 0 Å². The number of hydrogen-bond donors (Lipinski definition) is 2. The first-order valence-corrected chi connectivity index (χ1v) is 12.7. The van der Waals surface area contributed by atoms with Crippen LogP contribution in [0.5, 0.6) is 5.75 Å². The van der Waals surface area contributed by atoms with E-state index < -0.39 is 5.97 Å². The molecule has 184 valence electrons. The smallest absolute Gasteiger partial charge is 0.335 e. The maximum Gasteiger partial charge on any atom is 0.335 e. The van der Waals surface area contributed by atoms with E-state index in [1.807, 2.05) is 38.1 Å². The number of rotatable bonds is 7. The van der Waals surface area contributed by atoms with Gasteiger partial charge in [0.2, 0.25) is 0 Å². The van der Waals surface area contributed by atoms with E-state index in [-0.39, 0.29) is 18.1 Å². The van der Waals surface area contributed by atoms with Gasteiger partial charge in [-0.15, -0.1) is 0 Å². The Bertz CT molecular complexity index is 1400. The first-order valence-electron chi connectivity index (χ1n) is 12.7. The molecule has 5 rings (SSSR count). The second-order valence-corrected chi connectivity index (χ2v) is 9.91. The zero-order valence-electron chi connectivity index (χ0n) is 21.1. The highest BCUT2D eigenvalue weighted by atomic mass is 16.5. The molecule has 1 heterocycles. The molecule has 0 radical (unpaired) electrons. The Kier molecular flexibility index (Phi) is 6.80. The molecular formula is C32H33NO3. The Morgan fingerprint density at radius 2 is 1.78 bits per heavy atom. The molecule has 4 aromatic carbocycles. The number of fused-ring (bicyclic) bond motifs is 2. The molecule has 1 aliphatic heterocycles. The van der Waals surface area contributed by atoms with Crippen molar-refractivity contribution < 1.29 is 14.6 Å². The number of carboxylic acids is 1. The lowest BCUT2D eigenvalue weighted by atomic mass is 9.81. The molecule has 0 aliphatic carbocycles. The molecule has 0 spiro atoms. The van der Waals surface area contributed by atoms with Gasteiger partial charge in [0, 0.05) is 17.5 Å². The molecule has 36 heavy (non-hydrogen) atoms. The van der Waals surface area contributed by atoms with Gasteiger partial charge in [-0.2, -0.15) is 0 Å². The maximum absolute atomic E-state index is 11.9. The van der Waals surface area contributed by atoms with E-state index in [0.29, 0.717) is 5.56 Å². The molecule has 1 aliphatic rings. The van der Waals surface area contributed by atoms with Crippen LogP contribution in [0.15, 0.2) is 78.9 Å². The van der Waals surface area contributed by atoms with Gasteiger partial charge in [-0.3, -0.25) is 0 Å². The number of carbonyl (C=O) groups is 1. The SMILES string of the molecule is Cc1cc([C@@H]2C[C@H](CCN[C@H](C)c3cccc4ccccc34)Oc3ccccc32)cc(C(=O)O)c1C. The molecule has 4 aromatic rings. The zero-order chi connectivity index (χ0) is 25.2. The number of carboxylic acid groups (broad SMARTS) is 1. The van der Waals surface area contributed by atoms with Crippen LogP contribution >= 0.6 is 0 Å². The highest BCUT2D eigenvalue weighted by Gasteiger charge is 2.30. The molecular weight excluding hydrogens is 446 g/mol. The Balaban J connectivity index is 1.34. The molecule has 0 saturated carbocycles. The lowest BCUT2D eigenvalue weighted by Gasteiger charge is -2.33. The van der Waals surface area contributed by atoms with Gasteiger partial charge >= 0.3 is 5.97 Å². The minimum absolute atomic E-state index is 0.0482. The van der Waals surface area contributed by atoms with E-state index >= 15 is 0 Å². The van der Waals surface area contributed by atoms with Crippen LogP contribution in [0.1, 0.15) is 69.9 Å². The summed E-state index contributed by atoms with van der Waals surface area (Å²) in [4.78, 5) is 11.9. The maximum atomic E-state index is 11.9. The van der Waals surface area contributed by atoms with Crippen molar-refractivity contribution in [2.45, 2.75) is 51.7 Å². The van der Waals surface area contributed by atoms with Gasteiger partial charge in [-0.25, -0.2) is 4.79 Å². The summed E-state index contributed by atoms with van der Waals surface area (Å²) in [6.45, 7) is 6.92. The Morgan fingerprint density at radius 3 is 2.61 bits per heavy atom. The van der Waals surface area contributed by atoms with Crippen LogP contribution in [0.4, 0.5) is 0 Å². The summed E-state index contributed by atoms with van der Waals surface area (Å²) < 4.78 is 6.42. The lowest BCUT2D eigenvalue weighted by molar-refractivity contribution is 0.0696. The largest absolute Gasteiger partial charge is 0.490 e. The molecule has 0 saturated heterocycles. The Hall–Kier alpha value is -3.63. The molecule has 0 fully saturated rings. The molecule has 2 N–H and O–H groups in total. The fraction of sp³-hybridized carbons (Fsp3) is 0.281. The van der Waals surface area contributed by atoms with Gasteiger partial charge in [-0.05, 0) is 85.3 Å². The molecule has 0 bridgehead atoms. The summed E-state index contributed by atoms with van der Waals surface area (Å²) in [5.74, 6) is 0.129. The van der Waals surface area contributed by atoms with Gasteiger partial charge in [0.15, 0.2) is 0 Å². The predicted molar refractivity (Wildman–Crippen MR) is 145 cm³/mol. The van der Waals surface area contributed by atoms with Crippen LogP contribution in [0, 0.1) is 13.8 Å². The van der Waals surface area contributed by atoms with Gasteiger partial charge < -0.3 is 15.2 Å². The van der Waals surface area contributed by atoms with Crippen LogP contribution < -0.4 is 10.1 Å². The quantitative estimate of drug-likeness (QED) is 0.295. The van der Waals surface area contributed by atoms with Gasteiger partial charge in [-0.1, -0.05) is 66.7 Å². The van der Waals surface area contributed by atoms with E-state index in [0.717, 1.165) is 47.4 Å². The number of aromatic carboxylic acids is 1. The first-order chi connectivity index (χ1) is 17.4. The van der Waals surface area contributed by atoms with Crippen molar-refractivity contribution in [3.63, 3.8) is 0 Å². The second-order valence-electron chi connectivity index (χ2n) is 9.91. The van der Waals surface area contributed by atoms with Crippen molar-refractivity contribution in [3.8, 4) is 5.75 Å². The minimum atomic E-state index is -0.874. The molecule has 0 amide bonds. The van der Waals surface area contributed by atoms with Gasteiger partial charge in [0.1, 0.15) is 11.9 Å². The fourth-order valence-corrected chi connectivity index (χ4v) is 5.50. The number of hydrogen-bond acceptors (Lipinski definition) is 3. The predicted octanol–water partition coefficient (Wildman–Crippen LogP) is 7.18. The van der Waals surface area contributed by atoms with Crippen molar-refractivity contribution in [1.29, 1.82) is 0 Å². The summed E-state index contributed by atoms with van der Waals surface area (Å²) in [6, 6.07) is 27.4. The summed E-state index contributed by atoms with van der Waals surface area (Å²) in [5, 5.41) is 16.0. The third-order valence-electron chi connectivity index (χ3n) is 7.62. The fourth-order valence-electron chi connectivity index (χ4n) is 5.50. The number of para-hydroxylation sites is 1. The second kappa shape index (κ2) is 10.2. The highest BCUT2D eigenvalue weighted by Crippen LogP contribution is 2.42. The minimum Gasteiger partial charge on any atom is -0.490 e. The van der Waals surface area contributed by atoms with Crippen molar-refractivity contribution in [3.05, 3.63) is 112 Å². The third-order valence-corrected chi connectivity index (χ3v) is 7.62. The van der Waals surface area contributed by atoms with Crippen LogP contribution in [0.25, 0.3) is 10.8 Å². The normalized spacial score (nSPS) is 17.9. The first kappa shape index (κ1) is 24.1. The van der Waals surface area contributed by atoms with Crippen LogP contribution in [0.2, 0.25) is 0 Å². The van der Waals surface area contributed by atoms with Crippen LogP contribution in [0.3, 0.4) is 0 Å². The third kappa shape index (κ3) is 4.74. The monoisotopic (exact) mass is 479 g/mol. The summed E-state index contributed by atoms with van der Waals surface area (Å²) in [5.41, 5.74) is 5.71. The zero-order valence-corrected chi connectivity index (χ0v) is 21.1. The van der Waals surface area contributed by atoms with E-state index in [2.05, 4.69) is 66.8 Å².